The number of nitro benzene ring substituents is 2. The minimum Gasteiger partial charge on any atom is -0.497 e. The summed E-state index contributed by atoms with van der Waals surface area (Å²) in [5, 5.41) is 28.4. The Labute approximate surface area is 176 Å². The van der Waals surface area contributed by atoms with Gasteiger partial charge < -0.3 is 10.1 Å². The number of anilines is 1. The third-order valence-electron chi connectivity index (χ3n) is 3.99. The molecule has 0 bridgehead atoms. The molecule has 162 valence electrons. The maximum atomic E-state index is 12.1. The Bertz CT molecular complexity index is 1030. The molecular formula is C19H19N5O7. The molecule has 0 radical (unpaired) electrons. The highest BCUT2D eigenvalue weighted by molar-refractivity contribution is 6.05. The van der Waals surface area contributed by atoms with Gasteiger partial charge in [-0.3, -0.25) is 29.8 Å². The van der Waals surface area contributed by atoms with Crippen LogP contribution in [0.1, 0.15) is 18.9 Å². The zero-order valence-electron chi connectivity index (χ0n) is 16.7. The number of hydrogen-bond donors (Lipinski definition) is 2. The number of benzene rings is 2. The first-order valence-corrected chi connectivity index (χ1v) is 8.87. The molecule has 2 amide bonds. The molecule has 0 atom stereocenters. The van der Waals surface area contributed by atoms with Crippen LogP contribution in [-0.4, -0.2) is 34.5 Å². The van der Waals surface area contributed by atoms with E-state index in [2.05, 4.69) is 15.8 Å². The van der Waals surface area contributed by atoms with Crippen molar-refractivity contribution in [2.75, 3.05) is 12.4 Å². The van der Waals surface area contributed by atoms with E-state index in [9.17, 15) is 29.8 Å². The summed E-state index contributed by atoms with van der Waals surface area (Å²) in [6.07, 6.45) is -0.507. The van der Waals surface area contributed by atoms with Gasteiger partial charge in [-0.05, 0) is 37.3 Å². The van der Waals surface area contributed by atoms with Crippen molar-refractivity contribution in [2.24, 2.45) is 5.10 Å². The Hall–Kier alpha value is -4.35. The van der Waals surface area contributed by atoms with E-state index in [0.717, 1.165) is 18.2 Å². The summed E-state index contributed by atoms with van der Waals surface area (Å²) < 4.78 is 5.03. The van der Waals surface area contributed by atoms with E-state index in [-0.39, 0.29) is 17.9 Å². The van der Waals surface area contributed by atoms with Gasteiger partial charge in [-0.1, -0.05) is 0 Å². The summed E-state index contributed by atoms with van der Waals surface area (Å²) >= 11 is 0. The molecule has 12 heteroatoms. The number of ether oxygens (including phenoxy) is 1. The van der Waals surface area contributed by atoms with Crippen LogP contribution in [0.25, 0.3) is 0 Å². The highest BCUT2D eigenvalue weighted by atomic mass is 16.6. The maximum absolute atomic E-state index is 12.1. The molecule has 0 fully saturated rings. The highest BCUT2D eigenvalue weighted by Gasteiger charge is 2.21. The van der Waals surface area contributed by atoms with Crippen LogP contribution in [-0.2, 0) is 16.0 Å². The second kappa shape index (κ2) is 10.4. The van der Waals surface area contributed by atoms with E-state index in [1.54, 1.807) is 24.3 Å². The summed E-state index contributed by atoms with van der Waals surface area (Å²) in [7, 11) is 1.53. The lowest BCUT2D eigenvalue weighted by Gasteiger charge is -2.07. The van der Waals surface area contributed by atoms with Crippen LogP contribution >= 0.6 is 0 Å². The summed E-state index contributed by atoms with van der Waals surface area (Å²) in [6.45, 7) is 1.53. The average Bonchev–Trinajstić information content (AvgIpc) is 2.72. The van der Waals surface area contributed by atoms with Crippen LogP contribution in [0.5, 0.6) is 5.75 Å². The van der Waals surface area contributed by atoms with Gasteiger partial charge in [0.25, 0.3) is 11.4 Å². The zero-order chi connectivity index (χ0) is 23.0. The van der Waals surface area contributed by atoms with E-state index in [4.69, 9.17) is 4.74 Å². The minimum atomic E-state index is -0.798. The molecule has 2 N–H and O–H groups in total. The molecule has 0 aliphatic heterocycles. The molecule has 0 saturated carbocycles. The lowest BCUT2D eigenvalue weighted by atomic mass is 10.1. The Balaban J connectivity index is 1.93. The van der Waals surface area contributed by atoms with Crippen LogP contribution in [0.3, 0.4) is 0 Å². The third kappa shape index (κ3) is 6.88. The van der Waals surface area contributed by atoms with Gasteiger partial charge in [0.15, 0.2) is 0 Å². The summed E-state index contributed by atoms with van der Waals surface area (Å²) in [4.78, 5) is 44.4. The number of hydrogen-bond acceptors (Lipinski definition) is 8. The average molecular weight is 429 g/mol. The van der Waals surface area contributed by atoms with Gasteiger partial charge >= 0.3 is 0 Å². The van der Waals surface area contributed by atoms with Gasteiger partial charge in [0.2, 0.25) is 11.8 Å². The van der Waals surface area contributed by atoms with Crippen LogP contribution in [0.2, 0.25) is 0 Å². The van der Waals surface area contributed by atoms with Crippen LogP contribution in [0.4, 0.5) is 17.1 Å². The molecule has 0 saturated heterocycles. The second-order valence-corrected chi connectivity index (χ2v) is 6.34. The van der Waals surface area contributed by atoms with Crippen molar-refractivity contribution in [1.82, 2.24) is 5.43 Å². The quantitative estimate of drug-likeness (QED) is 0.351. The first-order valence-electron chi connectivity index (χ1n) is 8.87. The number of nitrogens with one attached hydrogen (secondary N) is 2. The van der Waals surface area contributed by atoms with Gasteiger partial charge in [-0.15, -0.1) is 0 Å². The van der Waals surface area contributed by atoms with Crippen LogP contribution < -0.4 is 15.5 Å². The van der Waals surface area contributed by atoms with Crippen molar-refractivity contribution in [3.63, 3.8) is 0 Å². The van der Waals surface area contributed by atoms with Crippen molar-refractivity contribution in [1.29, 1.82) is 0 Å². The molecule has 0 unspecified atom stereocenters. The number of carbonyl (C=O) groups is 2. The number of carbonyl (C=O) groups excluding carboxylic acids is 2. The number of nitro groups is 2. The van der Waals surface area contributed by atoms with Gasteiger partial charge in [-0.25, -0.2) is 5.43 Å². The van der Waals surface area contributed by atoms with Gasteiger partial charge in [0.05, 0.1) is 35.9 Å². The van der Waals surface area contributed by atoms with Crippen molar-refractivity contribution in [3.8, 4) is 5.75 Å². The standard InChI is InChI=1S/C19H19N5O7/c1-12(9-18(25)20-14-4-7-16(31-2)8-5-14)21-22-19(26)10-13-3-6-15(23(27)28)11-17(13)24(29)30/h3-8,11H,9-10H2,1-2H3,(H,20,25)(H,22,26)/b21-12-. The van der Waals surface area contributed by atoms with Crippen molar-refractivity contribution >= 4 is 34.6 Å². The number of nitrogens with zero attached hydrogens (tertiary/aromatic N) is 3. The fraction of sp³-hybridized carbons (Fsp3) is 0.211. The van der Waals surface area contributed by atoms with Gasteiger partial charge in [0, 0.05) is 23.0 Å². The Morgan fingerprint density at radius 3 is 2.29 bits per heavy atom. The largest absolute Gasteiger partial charge is 0.497 e. The Morgan fingerprint density at radius 2 is 1.71 bits per heavy atom. The summed E-state index contributed by atoms with van der Waals surface area (Å²) in [5.74, 6) is -0.384. The predicted molar refractivity (Wildman–Crippen MR) is 111 cm³/mol. The molecule has 0 aliphatic carbocycles. The lowest BCUT2D eigenvalue weighted by Crippen LogP contribution is -2.23. The fourth-order valence-corrected chi connectivity index (χ4v) is 2.51. The maximum Gasteiger partial charge on any atom is 0.279 e. The van der Waals surface area contributed by atoms with E-state index in [1.165, 1.54) is 14.0 Å². The van der Waals surface area contributed by atoms with E-state index >= 15 is 0 Å². The SMILES string of the molecule is COc1ccc(NC(=O)C/C(C)=N\NC(=O)Cc2ccc([N+](=O)[O-])cc2[N+](=O)[O-])cc1. The van der Waals surface area contributed by atoms with E-state index < -0.39 is 33.5 Å². The molecule has 2 aromatic carbocycles. The molecule has 0 aromatic heterocycles. The highest BCUT2D eigenvalue weighted by Crippen LogP contribution is 2.25. The number of non-ortho nitro benzene ring substituents is 1. The number of amides is 2. The van der Waals surface area contributed by atoms with Crippen molar-refractivity contribution in [2.45, 2.75) is 19.8 Å². The first kappa shape index (κ1) is 22.9. The van der Waals surface area contributed by atoms with Crippen molar-refractivity contribution in [3.05, 3.63) is 68.3 Å². The molecule has 31 heavy (non-hydrogen) atoms. The smallest absolute Gasteiger partial charge is 0.279 e. The zero-order valence-corrected chi connectivity index (χ0v) is 16.7. The molecule has 2 aromatic rings. The number of methoxy groups -OCH3 is 1. The topological polar surface area (TPSA) is 166 Å². The monoisotopic (exact) mass is 429 g/mol. The van der Waals surface area contributed by atoms with Crippen LogP contribution in [0.15, 0.2) is 47.6 Å². The van der Waals surface area contributed by atoms with Gasteiger partial charge in [0.1, 0.15) is 5.75 Å². The third-order valence-corrected chi connectivity index (χ3v) is 3.99. The Kier molecular flexibility index (Phi) is 7.72. The van der Waals surface area contributed by atoms with E-state index in [0.29, 0.717) is 17.1 Å². The molecule has 12 nitrogen and oxygen atoms in total. The van der Waals surface area contributed by atoms with Crippen LogP contribution in [0, 0.1) is 20.2 Å². The summed E-state index contributed by atoms with van der Waals surface area (Å²) in [5.41, 5.74) is 2.09. The van der Waals surface area contributed by atoms with E-state index in [1.807, 2.05) is 0 Å². The fourth-order valence-electron chi connectivity index (χ4n) is 2.51. The van der Waals surface area contributed by atoms with Crippen molar-refractivity contribution < 1.29 is 24.2 Å². The molecule has 0 aliphatic rings. The minimum absolute atomic E-state index is 0.00166. The lowest BCUT2D eigenvalue weighted by molar-refractivity contribution is -0.394. The predicted octanol–water partition coefficient (Wildman–Crippen LogP) is 2.58. The molecule has 0 heterocycles. The summed E-state index contributed by atoms with van der Waals surface area (Å²) in [6, 6.07) is 9.73. The number of rotatable bonds is 9. The molecule has 0 spiro atoms. The Morgan fingerprint density at radius 1 is 1.03 bits per heavy atom. The normalized spacial score (nSPS) is 10.8. The van der Waals surface area contributed by atoms with Gasteiger partial charge in [-0.2, -0.15) is 5.10 Å². The second-order valence-electron chi connectivity index (χ2n) is 6.34. The first-order chi connectivity index (χ1) is 14.7. The molecule has 2 rings (SSSR count). The number of hydrazone groups is 1. The molecular weight excluding hydrogens is 410 g/mol.